The Kier molecular flexibility index (Phi) is 4.27. The lowest BCUT2D eigenvalue weighted by Gasteiger charge is -2.00. The summed E-state index contributed by atoms with van der Waals surface area (Å²) in [6, 6.07) is 7.89. The number of carbonyl (C=O) groups is 2. The van der Waals surface area contributed by atoms with E-state index in [1.54, 1.807) is 6.20 Å². The zero-order valence-corrected chi connectivity index (χ0v) is 11.5. The Labute approximate surface area is 119 Å². The third-order valence-corrected chi connectivity index (χ3v) is 3.47. The molecule has 2 rings (SSSR count). The Hall–Kier alpha value is -2.47. The summed E-state index contributed by atoms with van der Waals surface area (Å²) in [4.78, 5) is 26.8. The van der Waals surface area contributed by atoms with Crippen LogP contribution in [0.1, 0.15) is 5.56 Å². The van der Waals surface area contributed by atoms with E-state index in [1.165, 1.54) is 11.3 Å². The average Bonchev–Trinajstić information content (AvgIpc) is 2.85. The topological polar surface area (TPSA) is 79.3 Å². The minimum Gasteiger partial charge on any atom is -0.478 e. The van der Waals surface area contributed by atoms with Crippen molar-refractivity contribution in [3.05, 3.63) is 48.2 Å². The van der Waals surface area contributed by atoms with Crippen molar-refractivity contribution in [2.24, 2.45) is 0 Å². The number of nitrogens with zero attached hydrogens (tertiary/aromatic N) is 1. The first-order valence-electron chi connectivity index (χ1n) is 5.80. The summed E-state index contributed by atoms with van der Waals surface area (Å²) in [6.45, 7) is 2.00. The molecule has 0 saturated carbocycles. The predicted octanol–water partition coefficient (Wildman–Crippen LogP) is 2.70. The molecular weight excluding hydrogens is 276 g/mol. The molecule has 0 spiro atoms. The molecule has 0 aliphatic carbocycles. The molecule has 0 fully saturated rings. The highest BCUT2D eigenvalue weighted by Crippen LogP contribution is 2.30. The predicted molar refractivity (Wildman–Crippen MR) is 77.7 cm³/mol. The van der Waals surface area contributed by atoms with Crippen LogP contribution in [0.25, 0.3) is 10.4 Å². The molecule has 0 unspecified atom stereocenters. The minimum absolute atomic E-state index is 0.434. The number of carboxylic acid groups (broad SMARTS) is 1. The second kappa shape index (κ2) is 6.12. The van der Waals surface area contributed by atoms with E-state index in [0.29, 0.717) is 5.13 Å². The molecule has 20 heavy (non-hydrogen) atoms. The van der Waals surface area contributed by atoms with Crippen LogP contribution in [0, 0.1) is 6.92 Å². The zero-order valence-electron chi connectivity index (χ0n) is 10.7. The van der Waals surface area contributed by atoms with Gasteiger partial charge in [-0.3, -0.25) is 10.1 Å². The van der Waals surface area contributed by atoms with Gasteiger partial charge < -0.3 is 5.11 Å². The van der Waals surface area contributed by atoms with Crippen LogP contribution in [0.2, 0.25) is 0 Å². The summed E-state index contributed by atoms with van der Waals surface area (Å²) in [6.07, 6.45) is 3.42. The number of anilines is 1. The maximum absolute atomic E-state index is 11.4. The Morgan fingerprint density at radius 1 is 1.30 bits per heavy atom. The van der Waals surface area contributed by atoms with E-state index in [9.17, 15) is 9.59 Å². The first-order chi connectivity index (χ1) is 9.56. The van der Waals surface area contributed by atoms with Crippen LogP contribution >= 0.6 is 11.3 Å². The number of aromatic nitrogens is 1. The van der Waals surface area contributed by atoms with Crippen LogP contribution in [0.15, 0.2) is 42.6 Å². The molecule has 0 radical (unpaired) electrons. The van der Waals surface area contributed by atoms with Crippen LogP contribution in [0.5, 0.6) is 0 Å². The van der Waals surface area contributed by atoms with E-state index in [4.69, 9.17) is 5.11 Å². The lowest BCUT2D eigenvalue weighted by Crippen LogP contribution is -2.08. The second-order valence-corrected chi connectivity index (χ2v) is 5.04. The Bertz CT molecular complexity index is 677. The normalized spacial score (nSPS) is 10.7. The molecule has 1 aromatic carbocycles. The number of carboxylic acids is 1. The molecule has 1 amide bonds. The molecule has 0 saturated heterocycles. The van der Waals surface area contributed by atoms with E-state index >= 15 is 0 Å². The number of rotatable bonds is 4. The summed E-state index contributed by atoms with van der Waals surface area (Å²) in [5.41, 5.74) is 2.19. The molecular formula is C14H12N2O3S. The van der Waals surface area contributed by atoms with Crippen molar-refractivity contribution in [3.63, 3.8) is 0 Å². The smallest absolute Gasteiger partial charge is 0.328 e. The van der Waals surface area contributed by atoms with Crippen molar-refractivity contribution >= 4 is 28.3 Å². The van der Waals surface area contributed by atoms with E-state index in [1.807, 2.05) is 31.2 Å². The van der Waals surface area contributed by atoms with E-state index < -0.39 is 11.9 Å². The van der Waals surface area contributed by atoms with E-state index in [0.717, 1.165) is 28.2 Å². The maximum Gasteiger partial charge on any atom is 0.328 e. The summed E-state index contributed by atoms with van der Waals surface area (Å²) < 4.78 is 0. The summed E-state index contributed by atoms with van der Waals surface area (Å²) in [5, 5.41) is 11.4. The van der Waals surface area contributed by atoms with Gasteiger partial charge in [-0.15, -0.1) is 0 Å². The van der Waals surface area contributed by atoms with Gasteiger partial charge in [-0.1, -0.05) is 35.6 Å². The van der Waals surface area contributed by atoms with Gasteiger partial charge in [0.2, 0.25) is 5.91 Å². The van der Waals surface area contributed by atoms with Crippen molar-refractivity contribution in [2.75, 3.05) is 5.32 Å². The molecule has 6 heteroatoms. The highest BCUT2D eigenvalue weighted by Gasteiger charge is 2.08. The minimum atomic E-state index is -1.17. The first kappa shape index (κ1) is 14.0. The number of aliphatic carboxylic acids is 1. The largest absolute Gasteiger partial charge is 0.478 e. The van der Waals surface area contributed by atoms with Gasteiger partial charge >= 0.3 is 5.97 Å². The number of hydrogen-bond donors (Lipinski definition) is 2. The monoisotopic (exact) mass is 288 g/mol. The molecule has 1 heterocycles. The third kappa shape index (κ3) is 3.52. The maximum atomic E-state index is 11.4. The first-order valence-corrected chi connectivity index (χ1v) is 6.62. The summed E-state index contributed by atoms with van der Waals surface area (Å²) >= 11 is 1.34. The number of thiazole rings is 1. The molecule has 2 aromatic rings. The lowest BCUT2D eigenvalue weighted by molar-refractivity contribution is -0.131. The zero-order chi connectivity index (χ0) is 14.5. The van der Waals surface area contributed by atoms with Crippen molar-refractivity contribution in [3.8, 4) is 10.4 Å². The van der Waals surface area contributed by atoms with Crippen LogP contribution in [0.3, 0.4) is 0 Å². The SMILES string of the molecule is Cc1ccccc1-c1cnc(NC(=O)C=CC(=O)O)s1. The van der Waals surface area contributed by atoms with Crippen LogP contribution in [-0.4, -0.2) is 22.0 Å². The second-order valence-electron chi connectivity index (χ2n) is 4.01. The van der Waals surface area contributed by atoms with Gasteiger partial charge in [-0.05, 0) is 18.1 Å². The molecule has 0 bridgehead atoms. The van der Waals surface area contributed by atoms with Gasteiger partial charge in [0.15, 0.2) is 5.13 Å². The number of nitrogens with one attached hydrogen (secondary N) is 1. The number of aryl methyl sites for hydroxylation is 1. The van der Waals surface area contributed by atoms with Crippen LogP contribution in [-0.2, 0) is 9.59 Å². The third-order valence-electron chi connectivity index (χ3n) is 2.52. The molecule has 0 aliphatic heterocycles. The Morgan fingerprint density at radius 2 is 2.05 bits per heavy atom. The molecule has 1 aromatic heterocycles. The van der Waals surface area contributed by atoms with Gasteiger partial charge in [0.1, 0.15) is 0 Å². The van der Waals surface area contributed by atoms with Crippen LogP contribution in [0.4, 0.5) is 5.13 Å². The summed E-state index contributed by atoms with van der Waals surface area (Å²) in [7, 11) is 0. The van der Waals surface area contributed by atoms with Crippen molar-refractivity contribution in [1.82, 2.24) is 4.98 Å². The molecule has 5 nitrogen and oxygen atoms in total. The fraction of sp³-hybridized carbons (Fsp3) is 0.0714. The quantitative estimate of drug-likeness (QED) is 0.848. The fourth-order valence-electron chi connectivity index (χ4n) is 1.60. The summed E-state index contributed by atoms with van der Waals surface area (Å²) in [5.74, 6) is -1.68. The van der Waals surface area contributed by atoms with Crippen molar-refractivity contribution in [2.45, 2.75) is 6.92 Å². The number of carbonyl (C=O) groups excluding carboxylic acids is 1. The average molecular weight is 288 g/mol. The molecule has 0 aliphatic rings. The highest BCUT2D eigenvalue weighted by molar-refractivity contribution is 7.19. The lowest BCUT2D eigenvalue weighted by atomic mass is 10.1. The van der Waals surface area contributed by atoms with Gasteiger partial charge in [0.25, 0.3) is 0 Å². The van der Waals surface area contributed by atoms with Crippen molar-refractivity contribution in [1.29, 1.82) is 0 Å². The van der Waals surface area contributed by atoms with Gasteiger partial charge in [-0.2, -0.15) is 0 Å². The Morgan fingerprint density at radius 3 is 2.75 bits per heavy atom. The van der Waals surface area contributed by atoms with E-state index in [-0.39, 0.29) is 0 Å². The van der Waals surface area contributed by atoms with Crippen molar-refractivity contribution < 1.29 is 14.7 Å². The number of benzene rings is 1. The van der Waals surface area contributed by atoms with Gasteiger partial charge in [0, 0.05) is 18.3 Å². The van der Waals surface area contributed by atoms with E-state index in [2.05, 4.69) is 10.3 Å². The number of amides is 1. The molecule has 0 atom stereocenters. The van der Waals surface area contributed by atoms with Crippen LogP contribution < -0.4 is 5.32 Å². The highest BCUT2D eigenvalue weighted by atomic mass is 32.1. The Balaban J connectivity index is 2.12. The van der Waals surface area contributed by atoms with Gasteiger partial charge in [0.05, 0.1) is 4.88 Å². The molecule has 102 valence electrons. The molecule has 2 N–H and O–H groups in total. The number of hydrogen-bond acceptors (Lipinski definition) is 4. The fourth-order valence-corrected chi connectivity index (χ4v) is 2.51. The van der Waals surface area contributed by atoms with Gasteiger partial charge in [-0.25, -0.2) is 9.78 Å². The standard InChI is InChI=1S/C14H12N2O3S/c1-9-4-2-3-5-10(9)11-8-15-14(20-11)16-12(17)6-7-13(18)19/h2-8H,1H3,(H,18,19)(H,15,16,17).